The summed E-state index contributed by atoms with van der Waals surface area (Å²) in [5.74, 6) is 0.955. The van der Waals surface area contributed by atoms with Crippen LogP contribution in [0.15, 0.2) is 18.6 Å². The van der Waals surface area contributed by atoms with Crippen LogP contribution in [0.4, 0.5) is 5.95 Å². The summed E-state index contributed by atoms with van der Waals surface area (Å²) < 4.78 is 2.15. The molecular weight excluding hydrogens is 214 g/mol. The number of aromatic nitrogens is 4. The molecule has 92 valence electrons. The number of anilines is 1. The van der Waals surface area contributed by atoms with Crippen LogP contribution in [0.3, 0.4) is 0 Å². The Morgan fingerprint density at radius 2 is 2.35 bits per heavy atom. The van der Waals surface area contributed by atoms with Crippen LogP contribution in [-0.4, -0.2) is 26.3 Å². The van der Waals surface area contributed by atoms with Crippen LogP contribution in [0.25, 0.3) is 0 Å². The average Bonchev–Trinajstić information content (AvgIpc) is 2.90. The summed E-state index contributed by atoms with van der Waals surface area (Å²) in [4.78, 5) is 4.27. The van der Waals surface area contributed by atoms with E-state index in [2.05, 4.69) is 38.9 Å². The zero-order chi connectivity index (χ0) is 12.1. The molecule has 0 bridgehead atoms. The first-order valence-corrected chi connectivity index (χ1v) is 6.05. The molecule has 2 aromatic rings. The molecule has 17 heavy (non-hydrogen) atoms. The van der Waals surface area contributed by atoms with Crippen molar-refractivity contribution in [2.45, 2.75) is 33.2 Å². The third-order valence-corrected chi connectivity index (χ3v) is 2.83. The summed E-state index contributed by atoms with van der Waals surface area (Å²) >= 11 is 0. The van der Waals surface area contributed by atoms with Crippen LogP contribution < -0.4 is 5.32 Å². The molecule has 0 radical (unpaired) electrons. The Labute approximate surface area is 101 Å². The molecule has 2 N–H and O–H groups in total. The fraction of sp³-hybridized carbons (Fsp3) is 0.500. The van der Waals surface area contributed by atoms with Crippen molar-refractivity contribution in [2.75, 3.05) is 11.9 Å². The second-order valence-corrected chi connectivity index (χ2v) is 4.10. The first kappa shape index (κ1) is 11.7. The lowest BCUT2D eigenvalue weighted by Gasteiger charge is -2.07. The van der Waals surface area contributed by atoms with Gasteiger partial charge in [0.15, 0.2) is 0 Å². The third-order valence-electron chi connectivity index (χ3n) is 2.83. The highest BCUT2D eigenvalue weighted by Gasteiger charge is 2.03. The van der Waals surface area contributed by atoms with Gasteiger partial charge in [-0.15, -0.1) is 0 Å². The molecule has 0 aliphatic carbocycles. The van der Waals surface area contributed by atoms with E-state index in [1.165, 1.54) is 11.3 Å². The van der Waals surface area contributed by atoms with Gasteiger partial charge in [0.25, 0.3) is 0 Å². The van der Waals surface area contributed by atoms with Crippen molar-refractivity contribution in [1.29, 1.82) is 0 Å². The number of hydrogen-bond donors (Lipinski definition) is 2. The van der Waals surface area contributed by atoms with Crippen LogP contribution in [0, 0.1) is 6.92 Å². The van der Waals surface area contributed by atoms with Gasteiger partial charge in [-0.2, -0.15) is 5.10 Å². The molecule has 2 rings (SSSR count). The molecule has 0 atom stereocenters. The smallest absolute Gasteiger partial charge is 0.202 e. The molecule has 0 aromatic carbocycles. The normalized spacial score (nSPS) is 10.7. The summed E-state index contributed by atoms with van der Waals surface area (Å²) in [5.41, 5.74) is 2.47. The van der Waals surface area contributed by atoms with E-state index in [0.29, 0.717) is 0 Å². The first-order valence-electron chi connectivity index (χ1n) is 6.05. The topological polar surface area (TPSA) is 58.5 Å². The van der Waals surface area contributed by atoms with Gasteiger partial charge in [-0.05, 0) is 32.3 Å². The van der Waals surface area contributed by atoms with Crippen molar-refractivity contribution >= 4 is 5.95 Å². The number of aromatic amines is 1. The second-order valence-electron chi connectivity index (χ2n) is 4.10. The molecule has 0 aliphatic heterocycles. The Morgan fingerprint density at radius 3 is 3.06 bits per heavy atom. The number of hydrogen-bond acceptors (Lipinski definition) is 3. The quantitative estimate of drug-likeness (QED) is 0.802. The molecule has 5 nitrogen and oxygen atoms in total. The van der Waals surface area contributed by atoms with Gasteiger partial charge in [-0.3, -0.25) is 5.10 Å². The van der Waals surface area contributed by atoms with Gasteiger partial charge < -0.3 is 9.88 Å². The Hall–Kier alpha value is -1.78. The van der Waals surface area contributed by atoms with Crippen molar-refractivity contribution in [3.05, 3.63) is 29.8 Å². The van der Waals surface area contributed by atoms with E-state index >= 15 is 0 Å². The van der Waals surface area contributed by atoms with Gasteiger partial charge in [0.05, 0.1) is 6.20 Å². The zero-order valence-electron chi connectivity index (χ0n) is 10.4. The van der Waals surface area contributed by atoms with E-state index in [4.69, 9.17) is 0 Å². The number of nitrogens with zero attached hydrogens (tertiary/aromatic N) is 3. The highest BCUT2D eigenvalue weighted by molar-refractivity contribution is 5.25. The molecule has 0 saturated heterocycles. The largest absolute Gasteiger partial charge is 0.356 e. The van der Waals surface area contributed by atoms with Crippen molar-refractivity contribution in [1.82, 2.24) is 19.7 Å². The molecule has 0 amide bonds. The van der Waals surface area contributed by atoms with Crippen LogP contribution in [0.5, 0.6) is 0 Å². The lowest BCUT2D eigenvalue weighted by atomic mass is 10.1. The van der Waals surface area contributed by atoms with Crippen LogP contribution >= 0.6 is 0 Å². The van der Waals surface area contributed by atoms with E-state index in [1.807, 2.05) is 18.6 Å². The van der Waals surface area contributed by atoms with E-state index in [0.717, 1.165) is 31.9 Å². The van der Waals surface area contributed by atoms with Crippen molar-refractivity contribution in [2.24, 2.45) is 0 Å². The van der Waals surface area contributed by atoms with Gasteiger partial charge in [0.1, 0.15) is 0 Å². The Balaban J connectivity index is 1.86. The molecule has 0 aliphatic rings. The maximum Gasteiger partial charge on any atom is 0.202 e. The number of aryl methyl sites for hydroxylation is 3. The average molecular weight is 233 g/mol. The van der Waals surface area contributed by atoms with E-state index in [9.17, 15) is 0 Å². The van der Waals surface area contributed by atoms with E-state index in [-0.39, 0.29) is 0 Å². The summed E-state index contributed by atoms with van der Waals surface area (Å²) in [6.45, 7) is 6.02. The second kappa shape index (κ2) is 5.52. The molecule has 0 unspecified atom stereocenters. The van der Waals surface area contributed by atoms with E-state index in [1.54, 1.807) is 0 Å². The van der Waals surface area contributed by atoms with Gasteiger partial charge in [0, 0.05) is 31.2 Å². The minimum Gasteiger partial charge on any atom is -0.356 e. The first-order chi connectivity index (χ1) is 8.31. The highest BCUT2D eigenvalue weighted by atomic mass is 15.2. The Bertz CT molecular complexity index is 457. The van der Waals surface area contributed by atoms with Crippen LogP contribution in [-0.2, 0) is 13.0 Å². The standard InChI is InChI=1S/C12H19N5/c1-3-13-12-14-6-8-17(12)7-4-5-11-9-15-16-10(11)2/h6,8-9H,3-5,7H2,1-2H3,(H,13,14)(H,15,16). The maximum absolute atomic E-state index is 4.27. The molecule has 0 saturated carbocycles. The molecular formula is C12H19N5. The van der Waals surface area contributed by atoms with E-state index < -0.39 is 0 Å². The number of H-pyrrole nitrogens is 1. The summed E-state index contributed by atoms with van der Waals surface area (Å²) in [6.07, 6.45) is 7.90. The lowest BCUT2D eigenvalue weighted by molar-refractivity contribution is 0.645. The zero-order valence-corrected chi connectivity index (χ0v) is 10.4. The predicted octanol–water partition coefficient (Wildman–Crippen LogP) is 1.98. The fourth-order valence-corrected chi connectivity index (χ4v) is 1.88. The maximum atomic E-state index is 4.27. The summed E-state index contributed by atoms with van der Waals surface area (Å²) in [6, 6.07) is 0. The molecule has 2 aromatic heterocycles. The van der Waals surface area contributed by atoms with Gasteiger partial charge in [-0.1, -0.05) is 0 Å². The monoisotopic (exact) mass is 233 g/mol. The number of nitrogens with one attached hydrogen (secondary N) is 2. The van der Waals surface area contributed by atoms with Gasteiger partial charge in [-0.25, -0.2) is 4.98 Å². The van der Waals surface area contributed by atoms with Crippen molar-refractivity contribution in [3.8, 4) is 0 Å². The fourth-order valence-electron chi connectivity index (χ4n) is 1.88. The highest BCUT2D eigenvalue weighted by Crippen LogP contribution is 2.09. The number of rotatable bonds is 6. The third kappa shape index (κ3) is 2.87. The number of imidazole rings is 1. The Morgan fingerprint density at radius 1 is 1.47 bits per heavy atom. The molecule has 0 fully saturated rings. The summed E-state index contributed by atoms with van der Waals surface area (Å²) in [7, 11) is 0. The van der Waals surface area contributed by atoms with Gasteiger partial charge in [0.2, 0.25) is 5.95 Å². The summed E-state index contributed by atoms with van der Waals surface area (Å²) in [5, 5.41) is 10.2. The SMILES string of the molecule is CCNc1nccn1CCCc1cn[nH]c1C. The minimum absolute atomic E-state index is 0.901. The van der Waals surface area contributed by atoms with Gasteiger partial charge >= 0.3 is 0 Å². The Kier molecular flexibility index (Phi) is 3.80. The van der Waals surface area contributed by atoms with Crippen LogP contribution in [0.2, 0.25) is 0 Å². The molecule has 5 heteroatoms. The minimum atomic E-state index is 0.901. The molecule has 0 spiro atoms. The van der Waals surface area contributed by atoms with Crippen molar-refractivity contribution < 1.29 is 0 Å². The van der Waals surface area contributed by atoms with Crippen LogP contribution in [0.1, 0.15) is 24.6 Å². The lowest BCUT2D eigenvalue weighted by Crippen LogP contribution is -2.07. The molecule has 2 heterocycles. The predicted molar refractivity (Wildman–Crippen MR) is 68.0 cm³/mol. The van der Waals surface area contributed by atoms with Crippen molar-refractivity contribution in [3.63, 3.8) is 0 Å².